The standard InChI is InChI=1S/C13H11ClN2O3/c1-2-18-12(17)9-3-5-11(6-4-9)19-13-15-7-10(14)8-16-13/h3-8H,2H2,1H3. The molecule has 0 unspecified atom stereocenters. The van der Waals surface area contributed by atoms with Crippen LogP contribution in [0.2, 0.25) is 5.02 Å². The molecular weight excluding hydrogens is 268 g/mol. The van der Waals surface area contributed by atoms with Gasteiger partial charge in [-0.25, -0.2) is 14.8 Å². The zero-order valence-electron chi connectivity index (χ0n) is 10.2. The van der Waals surface area contributed by atoms with E-state index < -0.39 is 0 Å². The Bertz CT molecular complexity index is 555. The minimum Gasteiger partial charge on any atom is -0.462 e. The summed E-state index contributed by atoms with van der Waals surface area (Å²) in [6.07, 6.45) is 2.88. The molecule has 0 saturated heterocycles. The quantitative estimate of drug-likeness (QED) is 0.804. The van der Waals surface area contributed by atoms with E-state index in [1.807, 2.05) is 0 Å². The molecule has 0 aliphatic carbocycles. The molecule has 0 fully saturated rings. The highest BCUT2D eigenvalue weighted by Crippen LogP contribution is 2.19. The summed E-state index contributed by atoms with van der Waals surface area (Å²) in [6.45, 7) is 2.10. The number of carbonyl (C=O) groups is 1. The van der Waals surface area contributed by atoms with Crippen molar-refractivity contribution in [3.63, 3.8) is 0 Å². The van der Waals surface area contributed by atoms with Crippen LogP contribution in [-0.4, -0.2) is 22.5 Å². The minimum atomic E-state index is -0.364. The molecule has 0 atom stereocenters. The summed E-state index contributed by atoms with van der Waals surface area (Å²) in [5.74, 6) is 0.159. The summed E-state index contributed by atoms with van der Waals surface area (Å²) in [4.78, 5) is 19.3. The van der Waals surface area contributed by atoms with Gasteiger partial charge in [-0.05, 0) is 31.2 Å². The van der Waals surface area contributed by atoms with E-state index in [4.69, 9.17) is 21.1 Å². The fourth-order valence-corrected chi connectivity index (χ4v) is 1.43. The lowest BCUT2D eigenvalue weighted by molar-refractivity contribution is 0.0526. The van der Waals surface area contributed by atoms with E-state index in [9.17, 15) is 4.79 Å². The van der Waals surface area contributed by atoms with Crippen LogP contribution >= 0.6 is 11.6 Å². The second kappa shape index (κ2) is 6.15. The number of ether oxygens (including phenoxy) is 2. The van der Waals surface area contributed by atoms with Crippen LogP contribution in [0.25, 0.3) is 0 Å². The van der Waals surface area contributed by atoms with Crippen molar-refractivity contribution < 1.29 is 14.3 Å². The third kappa shape index (κ3) is 3.66. The molecule has 6 heteroatoms. The van der Waals surface area contributed by atoms with Crippen molar-refractivity contribution in [2.24, 2.45) is 0 Å². The van der Waals surface area contributed by atoms with Crippen molar-refractivity contribution in [2.75, 3.05) is 6.61 Å². The molecule has 1 heterocycles. The number of benzene rings is 1. The predicted octanol–water partition coefficient (Wildman–Crippen LogP) is 3.10. The van der Waals surface area contributed by atoms with Gasteiger partial charge in [-0.3, -0.25) is 0 Å². The number of halogens is 1. The zero-order chi connectivity index (χ0) is 13.7. The van der Waals surface area contributed by atoms with Crippen molar-refractivity contribution in [1.82, 2.24) is 9.97 Å². The first kappa shape index (κ1) is 13.3. The molecular formula is C13H11ClN2O3. The lowest BCUT2D eigenvalue weighted by atomic mass is 10.2. The number of rotatable bonds is 4. The maximum Gasteiger partial charge on any atom is 0.338 e. The van der Waals surface area contributed by atoms with Gasteiger partial charge in [0.15, 0.2) is 0 Å². The third-order valence-electron chi connectivity index (χ3n) is 2.17. The number of carbonyl (C=O) groups excluding carboxylic acids is 1. The molecule has 2 rings (SSSR count). The van der Waals surface area contributed by atoms with E-state index in [-0.39, 0.29) is 12.0 Å². The summed E-state index contributed by atoms with van der Waals surface area (Å²) < 4.78 is 10.3. The number of esters is 1. The van der Waals surface area contributed by atoms with E-state index in [1.165, 1.54) is 12.4 Å². The molecule has 1 aromatic carbocycles. The topological polar surface area (TPSA) is 61.3 Å². The summed E-state index contributed by atoms with van der Waals surface area (Å²) in [7, 11) is 0. The minimum absolute atomic E-state index is 0.188. The van der Waals surface area contributed by atoms with Crippen LogP contribution in [0.1, 0.15) is 17.3 Å². The largest absolute Gasteiger partial charge is 0.462 e. The van der Waals surface area contributed by atoms with Crippen LogP contribution in [0.5, 0.6) is 11.8 Å². The van der Waals surface area contributed by atoms with E-state index in [1.54, 1.807) is 31.2 Å². The van der Waals surface area contributed by atoms with Gasteiger partial charge in [0.25, 0.3) is 0 Å². The van der Waals surface area contributed by atoms with E-state index in [0.29, 0.717) is 22.9 Å². The third-order valence-corrected chi connectivity index (χ3v) is 2.37. The Labute approximate surface area is 115 Å². The highest BCUT2D eigenvalue weighted by atomic mass is 35.5. The molecule has 0 spiro atoms. The molecule has 5 nitrogen and oxygen atoms in total. The van der Waals surface area contributed by atoms with Gasteiger partial charge in [-0.1, -0.05) is 11.6 Å². The molecule has 98 valence electrons. The van der Waals surface area contributed by atoms with Crippen LogP contribution in [0, 0.1) is 0 Å². The summed E-state index contributed by atoms with van der Waals surface area (Å²) in [5, 5.41) is 0.435. The summed E-state index contributed by atoms with van der Waals surface area (Å²) >= 11 is 5.67. The summed E-state index contributed by atoms with van der Waals surface area (Å²) in [5.41, 5.74) is 0.464. The van der Waals surface area contributed by atoms with Crippen LogP contribution in [-0.2, 0) is 4.74 Å². The molecule has 0 amide bonds. The fraction of sp³-hybridized carbons (Fsp3) is 0.154. The molecule has 0 aliphatic rings. The van der Waals surface area contributed by atoms with Crippen LogP contribution in [0.4, 0.5) is 0 Å². The van der Waals surface area contributed by atoms with Crippen molar-refractivity contribution in [3.8, 4) is 11.8 Å². The Balaban J connectivity index is 2.06. The van der Waals surface area contributed by atoms with Gasteiger partial charge in [-0.15, -0.1) is 0 Å². The molecule has 19 heavy (non-hydrogen) atoms. The average Bonchev–Trinajstić information content (AvgIpc) is 2.42. The van der Waals surface area contributed by atoms with Gasteiger partial charge >= 0.3 is 12.0 Å². The Kier molecular flexibility index (Phi) is 4.30. The maximum atomic E-state index is 11.4. The summed E-state index contributed by atoms with van der Waals surface area (Å²) in [6, 6.07) is 6.70. The second-order valence-corrected chi connectivity index (χ2v) is 3.97. The monoisotopic (exact) mass is 278 g/mol. The molecule has 0 aliphatic heterocycles. The van der Waals surface area contributed by atoms with Gasteiger partial charge in [0.2, 0.25) is 0 Å². The lowest BCUT2D eigenvalue weighted by Gasteiger charge is -2.05. The predicted molar refractivity (Wildman–Crippen MR) is 69.5 cm³/mol. The van der Waals surface area contributed by atoms with E-state index in [2.05, 4.69) is 9.97 Å². The van der Waals surface area contributed by atoms with Gasteiger partial charge in [0, 0.05) is 0 Å². The van der Waals surface area contributed by atoms with Crippen molar-refractivity contribution in [1.29, 1.82) is 0 Å². The fourth-order valence-electron chi connectivity index (χ4n) is 1.33. The first-order valence-electron chi connectivity index (χ1n) is 5.61. The van der Waals surface area contributed by atoms with Gasteiger partial charge in [0.05, 0.1) is 29.6 Å². The first-order chi connectivity index (χ1) is 9.19. The van der Waals surface area contributed by atoms with Crippen LogP contribution in [0.15, 0.2) is 36.7 Å². The first-order valence-corrected chi connectivity index (χ1v) is 5.99. The van der Waals surface area contributed by atoms with E-state index in [0.717, 1.165) is 0 Å². The highest BCUT2D eigenvalue weighted by molar-refractivity contribution is 6.30. The highest BCUT2D eigenvalue weighted by Gasteiger charge is 2.06. The lowest BCUT2D eigenvalue weighted by Crippen LogP contribution is -2.04. The number of nitrogens with zero attached hydrogens (tertiary/aromatic N) is 2. The molecule has 0 radical (unpaired) electrons. The Hall–Kier alpha value is -2.14. The van der Waals surface area contributed by atoms with Crippen molar-refractivity contribution in [3.05, 3.63) is 47.2 Å². The Morgan fingerprint density at radius 2 is 1.84 bits per heavy atom. The van der Waals surface area contributed by atoms with E-state index >= 15 is 0 Å². The molecule has 0 bridgehead atoms. The number of hydrogen-bond donors (Lipinski definition) is 0. The maximum absolute atomic E-state index is 11.4. The Morgan fingerprint density at radius 1 is 1.21 bits per heavy atom. The van der Waals surface area contributed by atoms with Crippen molar-refractivity contribution >= 4 is 17.6 Å². The second-order valence-electron chi connectivity index (χ2n) is 3.53. The van der Waals surface area contributed by atoms with Gasteiger partial charge in [0.1, 0.15) is 5.75 Å². The molecule has 0 saturated carbocycles. The zero-order valence-corrected chi connectivity index (χ0v) is 10.9. The van der Waals surface area contributed by atoms with Crippen LogP contribution < -0.4 is 4.74 Å². The molecule has 0 N–H and O–H groups in total. The van der Waals surface area contributed by atoms with Gasteiger partial charge < -0.3 is 9.47 Å². The SMILES string of the molecule is CCOC(=O)c1ccc(Oc2ncc(Cl)cn2)cc1. The number of aromatic nitrogens is 2. The average molecular weight is 279 g/mol. The molecule has 1 aromatic heterocycles. The number of hydrogen-bond acceptors (Lipinski definition) is 5. The smallest absolute Gasteiger partial charge is 0.338 e. The van der Waals surface area contributed by atoms with Crippen LogP contribution in [0.3, 0.4) is 0 Å². The van der Waals surface area contributed by atoms with Crippen molar-refractivity contribution in [2.45, 2.75) is 6.92 Å². The normalized spacial score (nSPS) is 10.0. The molecule has 2 aromatic rings. The van der Waals surface area contributed by atoms with Gasteiger partial charge in [-0.2, -0.15) is 0 Å². The Morgan fingerprint density at radius 3 is 2.42 bits per heavy atom.